The van der Waals surface area contributed by atoms with E-state index in [2.05, 4.69) is 39.4 Å². The highest BCUT2D eigenvalue weighted by Crippen LogP contribution is 2.26. The molecule has 0 radical (unpaired) electrons. The fourth-order valence-electron chi connectivity index (χ4n) is 3.03. The summed E-state index contributed by atoms with van der Waals surface area (Å²) < 4.78 is 8.69. The fourth-order valence-corrected chi connectivity index (χ4v) is 3.03. The Labute approximate surface area is 147 Å². The molecule has 0 aliphatic rings. The first-order valence-electron chi connectivity index (χ1n) is 8.42. The lowest BCUT2D eigenvalue weighted by Gasteiger charge is -2.14. The third kappa shape index (κ3) is 3.44. The van der Waals surface area contributed by atoms with Gasteiger partial charge in [-0.2, -0.15) is 5.10 Å². The lowest BCUT2D eigenvalue weighted by atomic mass is 10.0. The summed E-state index contributed by atoms with van der Waals surface area (Å²) in [5.41, 5.74) is 3.54. The molecule has 2 heterocycles. The number of fused-ring (bicyclic) bond motifs is 1. The van der Waals surface area contributed by atoms with Crippen LogP contribution in [0.15, 0.2) is 41.5 Å². The van der Waals surface area contributed by atoms with Crippen LogP contribution in [-0.4, -0.2) is 28.1 Å². The van der Waals surface area contributed by atoms with Crippen LogP contribution in [0.2, 0.25) is 0 Å². The van der Waals surface area contributed by atoms with Crippen molar-refractivity contribution in [3.8, 4) is 0 Å². The molecule has 0 spiro atoms. The van der Waals surface area contributed by atoms with Crippen molar-refractivity contribution in [2.45, 2.75) is 26.3 Å². The van der Waals surface area contributed by atoms with Gasteiger partial charge in [0.1, 0.15) is 0 Å². The first-order valence-corrected chi connectivity index (χ1v) is 8.42. The van der Waals surface area contributed by atoms with Gasteiger partial charge in [-0.15, -0.1) is 0 Å². The molecule has 132 valence electrons. The third-order valence-corrected chi connectivity index (χ3v) is 4.34. The van der Waals surface area contributed by atoms with Gasteiger partial charge in [-0.3, -0.25) is 4.79 Å². The number of hydrogen-bond donors (Lipinski definition) is 1. The second-order valence-electron chi connectivity index (χ2n) is 6.46. The van der Waals surface area contributed by atoms with Crippen LogP contribution in [-0.2, 0) is 18.3 Å². The monoisotopic (exact) mass is 340 g/mol. The quantitative estimate of drug-likeness (QED) is 0.748. The first-order chi connectivity index (χ1) is 12.0. The van der Waals surface area contributed by atoms with Crippen LogP contribution >= 0.6 is 0 Å². The molecule has 6 heteroatoms. The smallest absolute Gasteiger partial charge is 0.272 e. The first kappa shape index (κ1) is 17.2. The summed E-state index contributed by atoms with van der Waals surface area (Å²) in [4.78, 5) is 12.4. The van der Waals surface area contributed by atoms with E-state index in [0.717, 1.165) is 34.4 Å². The number of benzene rings is 1. The van der Waals surface area contributed by atoms with Gasteiger partial charge >= 0.3 is 0 Å². The number of methoxy groups -OCH3 is 1. The molecular formula is C19H24N4O2. The van der Waals surface area contributed by atoms with Gasteiger partial charge in [-0.1, -0.05) is 13.8 Å². The Kier molecular flexibility index (Phi) is 4.90. The minimum Gasteiger partial charge on any atom is -0.383 e. The van der Waals surface area contributed by atoms with E-state index in [1.807, 2.05) is 19.9 Å². The maximum Gasteiger partial charge on any atom is 0.272 e. The number of rotatable bonds is 6. The SMILES string of the molecule is COCCn1ccc2cc(Nc3cnn(C)c(=O)c3C(C)C)ccc21. The molecule has 0 aliphatic heterocycles. The van der Waals surface area contributed by atoms with E-state index in [1.54, 1.807) is 20.4 Å². The van der Waals surface area contributed by atoms with Crippen LogP contribution in [0, 0.1) is 0 Å². The molecule has 0 fully saturated rings. The van der Waals surface area contributed by atoms with Gasteiger partial charge in [0.05, 0.1) is 18.5 Å². The number of ether oxygens (including phenoxy) is 1. The zero-order valence-electron chi connectivity index (χ0n) is 15.1. The van der Waals surface area contributed by atoms with E-state index in [0.29, 0.717) is 6.61 Å². The van der Waals surface area contributed by atoms with Gasteiger partial charge in [0.2, 0.25) is 0 Å². The predicted octanol–water partition coefficient (Wildman–Crippen LogP) is 3.25. The van der Waals surface area contributed by atoms with Crippen LogP contribution in [0.5, 0.6) is 0 Å². The van der Waals surface area contributed by atoms with E-state index in [-0.39, 0.29) is 11.5 Å². The molecule has 6 nitrogen and oxygen atoms in total. The average molecular weight is 340 g/mol. The number of aryl methyl sites for hydroxylation is 1. The minimum absolute atomic E-state index is 0.0632. The Morgan fingerprint density at radius 1 is 1.28 bits per heavy atom. The van der Waals surface area contributed by atoms with Gasteiger partial charge in [-0.25, -0.2) is 4.68 Å². The van der Waals surface area contributed by atoms with Crippen LogP contribution in [0.3, 0.4) is 0 Å². The zero-order valence-corrected chi connectivity index (χ0v) is 15.1. The zero-order chi connectivity index (χ0) is 18.0. The molecule has 3 aromatic rings. The molecule has 1 aromatic carbocycles. The van der Waals surface area contributed by atoms with Crippen molar-refractivity contribution in [2.24, 2.45) is 7.05 Å². The molecule has 0 saturated carbocycles. The number of hydrogen-bond acceptors (Lipinski definition) is 4. The van der Waals surface area contributed by atoms with Gasteiger partial charge < -0.3 is 14.6 Å². The van der Waals surface area contributed by atoms with Crippen molar-refractivity contribution in [3.63, 3.8) is 0 Å². The summed E-state index contributed by atoms with van der Waals surface area (Å²) in [7, 11) is 3.38. The Morgan fingerprint density at radius 2 is 2.08 bits per heavy atom. The van der Waals surface area contributed by atoms with Crippen LogP contribution < -0.4 is 10.9 Å². The van der Waals surface area contributed by atoms with E-state index in [9.17, 15) is 4.79 Å². The van der Waals surface area contributed by atoms with E-state index >= 15 is 0 Å². The molecule has 0 aliphatic carbocycles. The van der Waals surface area contributed by atoms with Crippen molar-refractivity contribution in [2.75, 3.05) is 19.0 Å². The number of nitrogens with zero attached hydrogens (tertiary/aromatic N) is 3. The average Bonchev–Trinajstić information content (AvgIpc) is 2.98. The van der Waals surface area contributed by atoms with Crippen molar-refractivity contribution in [1.82, 2.24) is 14.3 Å². The Hall–Kier alpha value is -2.60. The maximum atomic E-state index is 12.4. The topological polar surface area (TPSA) is 61.1 Å². The molecule has 0 amide bonds. The van der Waals surface area contributed by atoms with Crippen LogP contribution in [0.1, 0.15) is 25.3 Å². The summed E-state index contributed by atoms with van der Waals surface area (Å²) >= 11 is 0. The van der Waals surface area contributed by atoms with Gasteiger partial charge in [0.15, 0.2) is 0 Å². The molecule has 3 rings (SSSR count). The van der Waals surface area contributed by atoms with Crippen molar-refractivity contribution in [1.29, 1.82) is 0 Å². The van der Waals surface area contributed by atoms with E-state index < -0.39 is 0 Å². The van der Waals surface area contributed by atoms with E-state index in [1.165, 1.54) is 4.68 Å². The van der Waals surface area contributed by atoms with Gasteiger partial charge in [0, 0.05) is 49.1 Å². The molecule has 2 aromatic heterocycles. The highest BCUT2D eigenvalue weighted by molar-refractivity contribution is 5.85. The van der Waals surface area contributed by atoms with Crippen LogP contribution in [0.25, 0.3) is 10.9 Å². The summed E-state index contributed by atoms with van der Waals surface area (Å²) in [5, 5.41) is 8.64. The summed E-state index contributed by atoms with van der Waals surface area (Å²) in [5.74, 6) is 0.114. The predicted molar refractivity (Wildman–Crippen MR) is 101 cm³/mol. The Morgan fingerprint density at radius 3 is 2.80 bits per heavy atom. The second kappa shape index (κ2) is 7.11. The molecule has 0 saturated heterocycles. The van der Waals surface area contributed by atoms with Crippen molar-refractivity contribution >= 4 is 22.3 Å². The van der Waals surface area contributed by atoms with Gasteiger partial charge in [-0.05, 0) is 30.2 Å². The van der Waals surface area contributed by atoms with Crippen LogP contribution in [0.4, 0.5) is 11.4 Å². The molecule has 0 bridgehead atoms. The van der Waals surface area contributed by atoms with Crippen molar-refractivity contribution in [3.05, 3.63) is 52.6 Å². The normalized spacial score (nSPS) is 11.4. The molecular weight excluding hydrogens is 316 g/mol. The Bertz CT molecular complexity index is 940. The maximum absolute atomic E-state index is 12.4. The third-order valence-electron chi connectivity index (χ3n) is 4.34. The molecule has 1 N–H and O–H groups in total. The highest BCUT2D eigenvalue weighted by Gasteiger charge is 2.14. The molecule has 25 heavy (non-hydrogen) atoms. The Balaban J connectivity index is 1.94. The molecule has 0 unspecified atom stereocenters. The lowest BCUT2D eigenvalue weighted by Crippen LogP contribution is -2.25. The summed E-state index contributed by atoms with van der Waals surface area (Å²) in [6.45, 7) is 5.53. The van der Waals surface area contributed by atoms with Gasteiger partial charge in [0.25, 0.3) is 5.56 Å². The lowest BCUT2D eigenvalue weighted by molar-refractivity contribution is 0.188. The largest absolute Gasteiger partial charge is 0.383 e. The standard InChI is InChI=1S/C19H24N4O2/c1-13(2)18-16(12-20-22(3)19(18)24)21-15-5-6-17-14(11-15)7-8-23(17)9-10-25-4/h5-8,11-13,21H,9-10H2,1-4H3. The second-order valence-corrected chi connectivity index (χ2v) is 6.46. The number of nitrogens with one attached hydrogen (secondary N) is 1. The number of anilines is 2. The summed E-state index contributed by atoms with van der Waals surface area (Å²) in [6, 6.07) is 8.27. The minimum atomic E-state index is -0.0632. The molecule has 0 atom stereocenters. The summed E-state index contributed by atoms with van der Waals surface area (Å²) in [6.07, 6.45) is 3.78. The number of aromatic nitrogens is 3. The highest BCUT2D eigenvalue weighted by atomic mass is 16.5. The van der Waals surface area contributed by atoms with Crippen molar-refractivity contribution < 1.29 is 4.74 Å². The van der Waals surface area contributed by atoms with E-state index in [4.69, 9.17) is 4.74 Å². The fraction of sp³-hybridized carbons (Fsp3) is 0.368.